The van der Waals surface area contributed by atoms with Gasteiger partial charge in [-0.05, 0) is 31.0 Å². The van der Waals surface area contributed by atoms with E-state index in [1.54, 1.807) is 24.3 Å². The monoisotopic (exact) mass is 474 g/mol. The summed E-state index contributed by atoms with van der Waals surface area (Å²) in [6.07, 6.45) is 2.38. The molecule has 0 radical (unpaired) electrons. The quantitative estimate of drug-likeness (QED) is 0.390. The zero-order valence-corrected chi connectivity index (χ0v) is 19.9. The van der Waals surface area contributed by atoms with Gasteiger partial charge in [-0.15, -0.1) is 11.3 Å². The molecule has 0 saturated heterocycles. The number of hydrogen-bond donors (Lipinski definition) is 2. The fourth-order valence-corrected chi connectivity index (χ4v) is 4.54. The number of thiophene rings is 1. The second-order valence-corrected chi connectivity index (χ2v) is 8.90. The minimum absolute atomic E-state index is 0.0714. The van der Waals surface area contributed by atoms with E-state index in [9.17, 15) is 14.4 Å². The molecule has 2 amide bonds. The summed E-state index contributed by atoms with van der Waals surface area (Å²) in [6, 6.07) is 14.9. The minimum atomic E-state index is -0.285. The van der Waals surface area contributed by atoms with E-state index in [0.717, 1.165) is 23.1 Å². The Morgan fingerprint density at radius 3 is 2.62 bits per heavy atom. The van der Waals surface area contributed by atoms with Crippen LogP contribution in [0, 0.1) is 6.92 Å². The van der Waals surface area contributed by atoms with Gasteiger partial charge in [0.2, 0.25) is 5.91 Å². The van der Waals surface area contributed by atoms with Gasteiger partial charge in [-0.1, -0.05) is 48.9 Å². The third-order valence-corrected chi connectivity index (χ3v) is 6.37. The van der Waals surface area contributed by atoms with Crippen molar-refractivity contribution in [2.75, 3.05) is 11.9 Å². The van der Waals surface area contributed by atoms with E-state index in [4.69, 9.17) is 0 Å². The number of carbonyl (C=O) groups excluding carboxylic acids is 2. The van der Waals surface area contributed by atoms with Crippen molar-refractivity contribution in [1.29, 1.82) is 0 Å². The minimum Gasteiger partial charge on any atom is -0.352 e. The number of amides is 2. The lowest BCUT2D eigenvalue weighted by atomic mass is 10.1. The fourth-order valence-electron chi connectivity index (χ4n) is 3.63. The molecule has 0 spiro atoms. The van der Waals surface area contributed by atoms with Crippen molar-refractivity contribution in [3.63, 3.8) is 0 Å². The Morgan fingerprint density at radius 1 is 1.09 bits per heavy atom. The fraction of sp³-hybridized carbons (Fsp3) is 0.231. The zero-order chi connectivity index (χ0) is 24.1. The van der Waals surface area contributed by atoms with Crippen LogP contribution in [-0.2, 0) is 11.3 Å². The number of para-hydroxylation sites is 1. The Bertz CT molecular complexity index is 1390. The van der Waals surface area contributed by atoms with Crippen molar-refractivity contribution in [1.82, 2.24) is 14.9 Å². The average molecular weight is 475 g/mol. The van der Waals surface area contributed by atoms with Gasteiger partial charge in [-0.2, -0.15) is 0 Å². The van der Waals surface area contributed by atoms with Crippen LogP contribution < -0.4 is 16.2 Å². The van der Waals surface area contributed by atoms with Gasteiger partial charge in [0.1, 0.15) is 4.83 Å². The number of aryl methyl sites for hydroxylation is 2. The van der Waals surface area contributed by atoms with E-state index in [0.29, 0.717) is 28.0 Å². The van der Waals surface area contributed by atoms with Gasteiger partial charge in [-0.3, -0.25) is 19.0 Å². The van der Waals surface area contributed by atoms with Crippen molar-refractivity contribution < 1.29 is 9.59 Å². The van der Waals surface area contributed by atoms with Crippen LogP contribution in [0.15, 0.2) is 65.0 Å². The van der Waals surface area contributed by atoms with E-state index >= 15 is 0 Å². The van der Waals surface area contributed by atoms with E-state index in [-0.39, 0.29) is 30.3 Å². The predicted molar refractivity (Wildman–Crippen MR) is 136 cm³/mol. The van der Waals surface area contributed by atoms with Crippen LogP contribution in [0.1, 0.15) is 35.7 Å². The zero-order valence-electron chi connectivity index (χ0n) is 19.1. The van der Waals surface area contributed by atoms with Crippen molar-refractivity contribution >= 4 is 39.1 Å². The second kappa shape index (κ2) is 10.4. The summed E-state index contributed by atoms with van der Waals surface area (Å²) in [5, 5.41) is 8.13. The molecule has 34 heavy (non-hydrogen) atoms. The number of rotatable bonds is 8. The summed E-state index contributed by atoms with van der Waals surface area (Å²) in [5.74, 6) is -0.517. The molecular formula is C26H26N4O3S. The maximum atomic E-state index is 13.2. The van der Waals surface area contributed by atoms with Crippen molar-refractivity contribution in [2.45, 2.75) is 33.2 Å². The average Bonchev–Trinajstić information content (AvgIpc) is 3.28. The Balaban J connectivity index is 1.50. The highest BCUT2D eigenvalue weighted by Gasteiger charge is 2.15. The normalized spacial score (nSPS) is 10.9. The lowest BCUT2D eigenvalue weighted by molar-refractivity contribution is -0.116. The summed E-state index contributed by atoms with van der Waals surface area (Å²) >= 11 is 1.43. The Labute approximate surface area is 201 Å². The maximum Gasteiger partial charge on any atom is 0.262 e. The number of fused-ring (bicyclic) bond motifs is 1. The molecule has 0 bridgehead atoms. The van der Waals surface area contributed by atoms with Crippen molar-refractivity contribution in [2.24, 2.45) is 0 Å². The number of benzene rings is 2. The lowest BCUT2D eigenvalue weighted by Gasteiger charge is -2.11. The van der Waals surface area contributed by atoms with Crippen LogP contribution in [0.3, 0.4) is 0 Å². The number of aromatic nitrogens is 2. The smallest absolute Gasteiger partial charge is 0.262 e. The molecule has 2 aromatic heterocycles. The summed E-state index contributed by atoms with van der Waals surface area (Å²) in [5.41, 5.74) is 3.64. The number of hydrogen-bond acceptors (Lipinski definition) is 5. The maximum absolute atomic E-state index is 13.2. The van der Waals surface area contributed by atoms with Crippen LogP contribution in [0.5, 0.6) is 0 Å². The molecule has 0 aliphatic carbocycles. The van der Waals surface area contributed by atoms with E-state index in [1.165, 1.54) is 22.2 Å². The van der Waals surface area contributed by atoms with Gasteiger partial charge in [0.15, 0.2) is 0 Å². The van der Waals surface area contributed by atoms with Crippen molar-refractivity contribution in [3.8, 4) is 11.1 Å². The summed E-state index contributed by atoms with van der Waals surface area (Å²) < 4.78 is 1.46. The van der Waals surface area contributed by atoms with E-state index in [1.807, 2.05) is 43.5 Å². The van der Waals surface area contributed by atoms with Gasteiger partial charge in [0, 0.05) is 30.5 Å². The standard InChI is InChI=1S/C26H26N4O3S/c1-3-13-27-24(32)19-6-4-5-7-21(19)29-22(31)12-14-30-16-28-25-23(26(30)33)20(15-34-25)18-10-8-17(2)9-11-18/h4-11,15-16H,3,12-14H2,1-2H3,(H,27,32)(H,29,31). The van der Waals surface area contributed by atoms with Crippen LogP contribution in [0.2, 0.25) is 0 Å². The highest BCUT2D eigenvalue weighted by atomic mass is 32.1. The first-order chi connectivity index (χ1) is 16.5. The summed E-state index contributed by atoms with van der Waals surface area (Å²) in [7, 11) is 0. The third-order valence-electron chi connectivity index (χ3n) is 5.48. The SMILES string of the molecule is CCCNC(=O)c1ccccc1NC(=O)CCn1cnc2scc(-c3ccc(C)cc3)c2c1=O. The van der Waals surface area contributed by atoms with E-state index in [2.05, 4.69) is 15.6 Å². The summed E-state index contributed by atoms with van der Waals surface area (Å²) in [4.78, 5) is 43.3. The predicted octanol–water partition coefficient (Wildman–Crippen LogP) is 4.60. The van der Waals surface area contributed by atoms with Gasteiger partial charge >= 0.3 is 0 Å². The van der Waals surface area contributed by atoms with Crippen LogP contribution in [0.25, 0.3) is 21.3 Å². The lowest BCUT2D eigenvalue weighted by Crippen LogP contribution is -2.26. The van der Waals surface area contributed by atoms with Crippen molar-refractivity contribution in [3.05, 3.63) is 81.7 Å². The number of nitrogens with zero attached hydrogens (tertiary/aromatic N) is 2. The molecular weight excluding hydrogens is 448 g/mol. The third kappa shape index (κ3) is 5.07. The molecule has 0 fully saturated rings. The van der Waals surface area contributed by atoms with Crippen LogP contribution in [-0.4, -0.2) is 27.9 Å². The first-order valence-corrected chi connectivity index (χ1v) is 12.1. The van der Waals surface area contributed by atoms with Gasteiger partial charge in [0.25, 0.3) is 11.5 Å². The molecule has 0 saturated carbocycles. The first-order valence-electron chi connectivity index (χ1n) is 11.2. The molecule has 174 valence electrons. The van der Waals surface area contributed by atoms with Crippen LogP contribution in [0.4, 0.5) is 5.69 Å². The number of nitrogens with one attached hydrogen (secondary N) is 2. The van der Waals surface area contributed by atoms with Gasteiger partial charge in [-0.25, -0.2) is 4.98 Å². The number of anilines is 1. The molecule has 0 unspecified atom stereocenters. The largest absolute Gasteiger partial charge is 0.352 e. The molecule has 0 aliphatic heterocycles. The highest BCUT2D eigenvalue weighted by Crippen LogP contribution is 2.30. The second-order valence-electron chi connectivity index (χ2n) is 8.04. The molecule has 8 heteroatoms. The Morgan fingerprint density at radius 2 is 1.85 bits per heavy atom. The molecule has 0 aliphatic rings. The Kier molecular flexibility index (Phi) is 7.18. The topological polar surface area (TPSA) is 93.1 Å². The summed E-state index contributed by atoms with van der Waals surface area (Å²) in [6.45, 7) is 4.74. The molecule has 2 heterocycles. The van der Waals surface area contributed by atoms with Gasteiger partial charge in [0.05, 0.1) is 23.0 Å². The molecule has 4 aromatic rings. The molecule has 2 N–H and O–H groups in total. The number of carbonyl (C=O) groups is 2. The van der Waals surface area contributed by atoms with E-state index < -0.39 is 0 Å². The van der Waals surface area contributed by atoms with Crippen LogP contribution >= 0.6 is 11.3 Å². The molecule has 4 rings (SSSR count). The van der Waals surface area contributed by atoms with Gasteiger partial charge < -0.3 is 10.6 Å². The molecule has 0 atom stereocenters. The molecule has 2 aromatic carbocycles. The molecule has 7 nitrogen and oxygen atoms in total. The highest BCUT2D eigenvalue weighted by molar-refractivity contribution is 7.17. The Hall–Kier alpha value is -3.78. The first kappa shape index (κ1) is 23.4.